The topological polar surface area (TPSA) is 67.8 Å². The Kier molecular flexibility index (Phi) is 6.08. The van der Waals surface area contributed by atoms with Gasteiger partial charge in [-0.15, -0.1) is 11.3 Å². The van der Waals surface area contributed by atoms with Gasteiger partial charge in [0.05, 0.1) is 11.7 Å². The van der Waals surface area contributed by atoms with Crippen molar-refractivity contribution in [3.8, 4) is 10.8 Å². The van der Waals surface area contributed by atoms with Gasteiger partial charge in [0.15, 0.2) is 10.8 Å². The predicted molar refractivity (Wildman–Crippen MR) is 120 cm³/mol. The van der Waals surface area contributed by atoms with Crippen molar-refractivity contribution in [1.82, 2.24) is 20.3 Å². The number of carbonyl (C=O) groups is 1. The molecule has 8 heteroatoms. The molecule has 4 aromatic rings. The zero-order valence-corrected chi connectivity index (χ0v) is 18.2. The largest absolute Gasteiger partial charge is 0.340 e. The van der Waals surface area contributed by atoms with Crippen LogP contribution in [0.25, 0.3) is 10.8 Å². The molecule has 0 unspecified atom stereocenters. The average molecular weight is 455 g/mol. The van der Waals surface area contributed by atoms with Crippen LogP contribution in [0, 0.1) is 6.92 Å². The molecular weight excluding hydrogens is 439 g/mol. The number of nitrogens with one attached hydrogen (secondary N) is 1. The third kappa shape index (κ3) is 4.51. The summed E-state index contributed by atoms with van der Waals surface area (Å²) < 4.78 is 0. The van der Waals surface area contributed by atoms with Gasteiger partial charge in [-0.1, -0.05) is 47.5 Å². The lowest BCUT2D eigenvalue weighted by atomic mass is 9.98. The van der Waals surface area contributed by atoms with Gasteiger partial charge in [-0.25, -0.2) is 15.0 Å². The van der Waals surface area contributed by atoms with Crippen molar-refractivity contribution in [3.05, 3.63) is 98.7 Å². The number of rotatable bonds is 5. The van der Waals surface area contributed by atoms with Crippen molar-refractivity contribution in [2.45, 2.75) is 13.0 Å². The number of thiazole rings is 1. The molecule has 2 aromatic heterocycles. The van der Waals surface area contributed by atoms with Crippen molar-refractivity contribution in [2.75, 3.05) is 0 Å². The van der Waals surface area contributed by atoms with E-state index in [2.05, 4.69) is 20.3 Å². The van der Waals surface area contributed by atoms with Crippen molar-refractivity contribution in [1.29, 1.82) is 0 Å². The van der Waals surface area contributed by atoms with Crippen LogP contribution in [0.4, 0.5) is 0 Å². The van der Waals surface area contributed by atoms with Crippen LogP contribution in [0.3, 0.4) is 0 Å². The Morgan fingerprint density at radius 1 is 0.933 bits per heavy atom. The number of carbonyl (C=O) groups excluding carboxylic acids is 1. The number of halogens is 2. The van der Waals surface area contributed by atoms with Crippen molar-refractivity contribution >= 4 is 40.4 Å². The summed E-state index contributed by atoms with van der Waals surface area (Å²) in [6.07, 6.45) is 3.30. The Morgan fingerprint density at radius 2 is 1.47 bits per heavy atom. The van der Waals surface area contributed by atoms with Gasteiger partial charge in [-0.2, -0.15) is 0 Å². The minimum atomic E-state index is -0.370. The Bertz CT molecular complexity index is 1120. The normalized spacial score (nSPS) is 10.9. The molecule has 0 bridgehead atoms. The number of hydrogen-bond acceptors (Lipinski definition) is 5. The smallest absolute Gasteiger partial charge is 0.264 e. The summed E-state index contributed by atoms with van der Waals surface area (Å²) >= 11 is 13.4. The average Bonchev–Trinajstić information content (AvgIpc) is 3.16. The minimum absolute atomic E-state index is 0.220. The SMILES string of the molecule is Cc1nc(-c2ncccn2)sc1C(=O)NC(c1ccc(Cl)cc1)c1ccc(Cl)cc1. The fourth-order valence-electron chi connectivity index (χ4n) is 2.98. The first-order valence-corrected chi connectivity index (χ1v) is 10.6. The van der Waals surface area contributed by atoms with E-state index in [0.29, 0.717) is 31.4 Å². The molecule has 0 aliphatic heterocycles. The molecule has 0 saturated carbocycles. The van der Waals surface area contributed by atoms with Crippen LogP contribution in [0.5, 0.6) is 0 Å². The second kappa shape index (κ2) is 8.92. The van der Waals surface area contributed by atoms with E-state index in [-0.39, 0.29) is 11.9 Å². The van der Waals surface area contributed by atoms with Gasteiger partial charge < -0.3 is 5.32 Å². The van der Waals surface area contributed by atoms with E-state index in [9.17, 15) is 4.79 Å². The zero-order valence-electron chi connectivity index (χ0n) is 15.8. The van der Waals surface area contributed by atoms with Crippen LogP contribution in [-0.4, -0.2) is 20.9 Å². The Balaban J connectivity index is 1.66. The van der Waals surface area contributed by atoms with E-state index >= 15 is 0 Å². The van der Waals surface area contributed by atoms with E-state index in [1.54, 1.807) is 49.6 Å². The monoisotopic (exact) mass is 454 g/mol. The Morgan fingerprint density at radius 3 is 2.00 bits per heavy atom. The Labute approximate surface area is 187 Å². The first-order chi connectivity index (χ1) is 14.5. The summed E-state index contributed by atoms with van der Waals surface area (Å²) in [5.74, 6) is 0.277. The van der Waals surface area contributed by atoms with Crippen molar-refractivity contribution < 1.29 is 4.79 Å². The first kappa shape index (κ1) is 20.5. The molecule has 1 amide bonds. The molecule has 2 aromatic carbocycles. The number of hydrogen-bond donors (Lipinski definition) is 1. The van der Waals surface area contributed by atoms with Gasteiger partial charge in [-0.05, 0) is 48.4 Å². The number of aryl methyl sites for hydroxylation is 1. The summed E-state index contributed by atoms with van der Waals surface area (Å²) in [7, 11) is 0. The van der Waals surface area contributed by atoms with Crippen LogP contribution in [0.2, 0.25) is 10.0 Å². The summed E-state index contributed by atoms with van der Waals surface area (Å²) in [4.78, 5) is 26.6. The van der Waals surface area contributed by atoms with E-state index in [0.717, 1.165) is 11.1 Å². The van der Waals surface area contributed by atoms with E-state index in [1.807, 2.05) is 24.3 Å². The van der Waals surface area contributed by atoms with E-state index < -0.39 is 0 Å². The molecular formula is C22H16Cl2N4OS. The quantitative estimate of drug-likeness (QED) is 0.417. The molecule has 30 heavy (non-hydrogen) atoms. The van der Waals surface area contributed by atoms with Gasteiger partial charge in [0.25, 0.3) is 5.91 Å². The van der Waals surface area contributed by atoms with Gasteiger partial charge in [0.2, 0.25) is 0 Å². The molecule has 0 atom stereocenters. The fraction of sp³-hybridized carbons (Fsp3) is 0.0909. The third-order valence-corrected chi connectivity index (χ3v) is 6.10. The van der Waals surface area contributed by atoms with Crippen molar-refractivity contribution in [3.63, 3.8) is 0 Å². The highest BCUT2D eigenvalue weighted by Crippen LogP contribution is 2.28. The minimum Gasteiger partial charge on any atom is -0.340 e. The molecule has 2 heterocycles. The molecule has 4 rings (SSSR count). The van der Waals surface area contributed by atoms with Gasteiger partial charge >= 0.3 is 0 Å². The molecule has 5 nitrogen and oxygen atoms in total. The van der Waals surface area contributed by atoms with Gasteiger partial charge in [0.1, 0.15) is 4.88 Å². The number of aromatic nitrogens is 3. The molecule has 0 fully saturated rings. The predicted octanol–water partition coefficient (Wildman–Crippen LogP) is 5.73. The third-order valence-electron chi connectivity index (χ3n) is 4.44. The summed E-state index contributed by atoms with van der Waals surface area (Å²) in [6.45, 7) is 1.80. The highest BCUT2D eigenvalue weighted by molar-refractivity contribution is 7.17. The van der Waals surface area contributed by atoms with Crippen LogP contribution in [0.1, 0.15) is 32.5 Å². The number of amides is 1. The Hall–Kier alpha value is -2.80. The van der Waals surface area contributed by atoms with Crippen LogP contribution >= 0.6 is 34.5 Å². The van der Waals surface area contributed by atoms with Gasteiger partial charge in [0, 0.05) is 22.4 Å². The molecule has 0 radical (unpaired) electrons. The second-order valence-corrected chi connectivity index (χ2v) is 8.39. The number of benzene rings is 2. The first-order valence-electron chi connectivity index (χ1n) is 9.08. The lowest BCUT2D eigenvalue weighted by Gasteiger charge is -2.20. The second-order valence-electron chi connectivity index (χ2n) is 6.52. The number of nitrogens with zero attached hydrogens (tertiary/aromatic N) is 3. The maximum absolute atomic E-state index is 13.2. The highest BCUT2D eigenvalue weighted by Gasteiger charge is 2.22. The van der Waals surface area contributed by atoms with Crippen LogP contribution in [-0.2, 0) is 0 Å². The summed E-state index contributed by atoms with van der Waals surface area (Å²) in [5, 5.41) is 4.98. The maximum Gasteiger partial charge on any atom is 0.264 e. The summed E-state index contributed by atoms with van der Waals surface area (Å²) in [6, 6.07) is 16.1. The van der Waals surface area contributed by atoms with E-state index in [1.165, 1.54) is 11.3 Å². The molecule has 0 aliphatic rings. The maximum atomic E-state index is 13.2. The zero-order chi connectivity index (χ0) is 21.1. The molecule has 0 aliphatic carbocycles. The van der Waals surface area contributed by atoms with Crippen LogP contribution < -0.4 is 5.32 Å². The molecule has 0 saturated heterocycles. The van der Waals surface area contributed by atoms with Crippen molar-refractivity contribution in [2.24, 2.45) is 0 Å². The standard InChI is InChI=1S/C22H16Cl2N4OS/c1-13-19(30-22(27-13)20-25-11-2-12-26-20)21(29)28-18(14-3-7-16(23)8-4-14)15-5-9-17(24)10-6-15/h2-12,18H,1H3,(H,28,29). The van der Waals surface area contributed by atoms with Crippen LogP contribution in [0.15, 0.2) is 67.0 Å². The molecule has 0 spiro atoms. The van der Waals surface area contributed by atoms with Gasteiger partial charge in [-0.3, -0.25) is 4.79 Å². The molecule has 150 valence electrons. The summed E-state index contributed by atoms with van der Waals surface area (Å²) in [5.41, 5.74) is 2.44. The lowest BCUT2D eigenvalue weighted by molar-refractivity contribution is 0.0946. The molecule has 1 N–H and O–H groups in total. The lowest BCUT2D eigenvalue weighted by Crippen LogP contribution is -2.29. The van der Waals surface area contributed by atoms with E-state index in [4.69, 9.17) is 23.2 Å². The fourth-order valence-corrected chi connectivity index (χ4v) is 4.15. The highest BCUT2D eigenvalue weighted by atomic mass is 35.5.